The first-order valence-electron chi connectivity index (χ1n) is 8.78. The Bertz CT molecular complexity index is 840. The molecule has 26 heavy (non-hydrogen) atoms. The first kappa shape index (κ1) is 16.4. The third kappa shape index (κ3) is 3.10. The summed E-state index contributed by atoms with van der Waals surface area (Å²) in [7, 11) is 0. The molecule has 0 saturated carbocycles. The lowest BCUT2D eigenvalue weighted by atomic mass is 10.1. The minimum atomic E-state index is -0.136. The highest BCUT2D eigenvalue weighted by Gasteiger charge is 2.26. The number of piperazine rings is 1. The van der Waals surface area contributed by atoms with E-state index in [2.05, 4.69) is 10.2 Å². The van der Waals surface area contributed by atoms with Gasteiger partial charge in [0.1, 0.15) is 0 Å². The summed E-state index contributed by atoms with van der Waals surface area (Å²) in [5, 5.41) is 2.84. The van der Waals surface area contributed by atoms with Gasteiger partial charge < -0.3 is 19.9 Å². The van der Waals surface area contributed by atoms with E-state index in [1.807, 2.05) is 54.3 Å². The molecule has 134 valence electrons. The number of hydrogen-bond donors (Lipinski definition) is 1. The third-order valence-electron chi connectivity index (χ3n) is 4.82. The second-order valence-electron chi connectivity index (χ2n) is 6.64. The second kappa shape index (κ2) is 6.71. The number of ether oxygens (including phenoxy) is 1. The molecule has 2 amide bonds. The molecule has 1 fully saturated rings. The molecule has 6 nitrogen and oxygen atoms in total. The number of fused-ring (bicyclic) bond motifs is 1. The predicted octanol–water partition coefficient (Wildman–Crippen LogP) is 2.29. The molecule has 0 radical (unpaired) electrons. The van der Waals surface area contributed by atoms with Gasteiger partial charge in [0.15, 0.2) is 12.4 Å². The quantitative estimate of drug-likeness (QED) is 0.902. The van der Waals surface area contributed by atoms with Gasteiger partial charge in [-0.05, 0) is 31.2 Å². The van der Waals surface area contributed by atoms with Crippen molar-refractivity contribution in [2.24, 2.45) is 0 Å². The van der Waals surface area contributed by atoms with Crippen LogP contribution in [0.2, 0.25) is 0 Å². The Morgan fingerprint density at radius 3 is 2.50 bits per heavy atom. The molecule has 1 saturated heterocycles. The largest absolute Gasteiger partial charge is 0.479 e. The maximum atomic E-state index is 12.7. The Labute approximate surface area is 152 Å². The third-order valence-corrected chi connectivity index (χ3v) is 4.82. The molecule has 2 aliphatic rings. The Hall–Kier alpha value is -3.02. The molecule has 0 unspecified atom stereocenters. The number of nitrogens with zero attached hydrogens (tertiary/aromatic N) is 2. The minimum Gasteiger partial charge on any atom is -0.479 e. The first-order valence-corrected chi connectivity index (χ1v) is 8.78. The molecule has 2 heterocycles. The molecule has 0 aliphatic carbocycles. The zero-order valence-corrected chi connectivity index (χ0v) is 14.7. The minimum absolute atomic E-state index is 0.0376. The van der Waals surface area contributed by atoms with Gasteiger partial charge in [0.25, 0.3) is 11.8 Å². The summed E-state index contributed by atoms with van der Waals surface area (Å²) in [5.41, 5.74) is 3.54. The van der Waals surface area contributed by atoms with Crippen LogP contribution in [0.1, 0.15) is 15.9 Å². The van der Waals surface area contributed by atoms with E-state index in [-0.39, 0.29) is 18.4 Å². The fourth-order valence-corrected chi connectivity index (χ4v) is 3.38. The van der Waals surface area contributed by atoms with Gasteiger partial charge in [-0.15, -0.1) is 0 Å². The maximum Gasteiger partial charge on any atom is 0.262 e. The van der Waals surface area contributed by atoms with E-state index >= 15 is 0 Å². The fraction of sp³-hybridized carbons (Fsp3) is 0.300. The molecule has 2 aromatic carbocycles. The zero-order chi connectivity index (χ0) is 18.1. The Morgan fingerprint density at radius 2 is 1.77 bits per heavy atom. The average Bonchev–Trinajstić information content (AvgIpc) is 2.67. The normalized spacial score (nSPS) is 16.6. The number of nitrogens with one attached hydrogen (secondary N) is 1. The van der Waals surface area contributed by atoms with Crippen molar-refractivity contribution in [3.05, 3.63) is 53.6 Å². The van der Waals surface area contributed by atoms with Gasteiger partial charge in [0.05, 0.1) is 11.4 Å². The average molecular weight is 351 g/mol. The van der Waals surface area contributed by atoms with E-state index in [1.165, 1.54) is 0 Å². The smallest absolute Gasteiger partial charge is 0.262 e. The van der Waals surface area contributed by atoms with Crippen LogP contribution in [0.15, 0.2) is 42.5 Å². The van der Waals surface area contributed by atoms with Crippen molar-refractivity contribution in [1.82, 2.24) is 4.90 Å². The molecule has 0 aromatic heterocycles. The first-order chi connectivity index (χ1) is 12.6. The van der Waals surface area contributed by atoms with Gasteiger partial charge in [-0.3, -0.25) is 9.59 Å². The van der Waals surface area contributed by atoms with Crippen LogP contribution < -0.4 is 15.0 Å². The van der Waals surface area contributed by atoms with Gasteiger partial charge >= 0.3 is 0 Å². The SMILES string of the molecule is Cc1ccc(C(=O)N2CCN(c3cccc4c3OCC(=O)N4)CC2)cc1. The topological polar surface area (TPSA) is 61.9 Å². The van der Waals surface area contributed by atoms with Crippen molar-refractivity contribution >= 4 is 23.2 Å². The lowest BCUT2D eigenvalue weighted by Gasteiger charge is -2.37. The van der Waals surface area contributed by atoms with E-state index in [4.69, 9.17) is 4.74 Å². The van der Waals surface area contributed by atoms with Crippen LogP contribution in [0.3, 0.4) is 0 Å². The molecule has 0 spiro atoms. The van der Waals surface area contributed by atoms with E-state index in [0.717, 1.165) is 29.9 Å². The molecule has 2 aliphatic heterocycles. The van der Waals surface area contributed by atoms with Crippen LogP contribution in [-0.2, 0) is 4.79 Å². The summed E-state index contributed by atoms with van der Waals surface area (Å²) in [6.07, 6.45) is 0. The van der Waals surface area contributed by atoms with Crippen molar-refractivity contribution in [2.45, 2.75) is 6.92 Å². The number of aryl methyl sites for hydroxylation is 1. The summed E-state index contributed by atoms with van der Waals surface area (Å²) < 4.78 is 5.64. The van der Waals surface area contributed by atoms with Crippen LogP contribution in [0.25, 0.3) is 0 Å². The van der Waals surface area contributed by atoms with Crippen LogP contribution in [0, 0.1) is 6.92 Å². The van der Waals surface area contributed by atoms with E-state index in [1.54, 1.807) is 0 Å². The van der Waals surface area contributed by atoms with Crippen molar-refractivity contribution in [2.75, 3.05) is 43.0 Å². The lowest BCUT2D eigenvalue weighted by Crippen LogP contribution is -2.49. The van der Waals surface area contributed by atoms with Crippen LogP contribution in [-0.4, -0.2) is 49.5 Å². The molecule has 6 heteroatoms. The van der Waals surface area contributed by atoms with E-state index in [9.17, 15) is 9.59 Å². The predicted molar refractivity (Wildman–Crippen MR) is 99.9 cm³/mol. The summed E-state index contributed by atoms with van der Waals surface area (Å²) in [5.74, 6) is 0.650. The van der Waals surface area contributed by atoms with Crippen LogP contribution in [0.4, 0.5) is 11.4 Å². The Morgan fingerprint density at radius 1 is 1.04 bits per heavy atom. The molecule has 0 bridgehead atoms. The number of anilines is 2. The second-order valence-corrected chi connectivity index (χ2v) is 6.64. The van der Waals surface area contributed by atoms with Crippen molar-refractivity contribution in [3.8, 4) is 5.75 Å². The van der Waals surface area contributed by atoms with E-state index < -0.39 is 0 Å². The fourth-order valence-electron chi connectivity index (χ4n) is 3.38. The van der Waals surface area contributed by atoms with Gasteiger partial charge in [0, 0.05) is 31.7 Å². The Kier molecular flexibility index (Phi) is 4.24. The van der Waals surface area contributed by atoms with Crippen molar-refractivity contribution in [3.63, 3.8) is 0 Å². The highest BCUT2D eigenvalue weighted by molar-refractivity contribution is 5.97. The lowest BCUT2D eigenvalue weighted by molar-refractivity contribution is -0.118. The summed E-state index contributed by atoms with van der Waals surface area (Å²) >= 11 is 0. The summed E-state index contributed by atoms with van der Waals surface area (Å²) in [4.78, 5) is 28.2. The number of para-hydroxylation sites is 1. The molecule has 0 atom stereocenters. The standard InChI is InChI=1S/C20H21N3O3/c1-14-5-7-15(8-6-14)20(25)23-11-9-22(10-12-23)17-4-2-3-16-19(17)26-13-18(24)21-16/h2-8H,9-13H2,1H3,(H,21,24). The Balaban J connectivity index is 1.46. The number of carbonyl (C=O) groups is 2. The van der Waals surface area contributed by atoms with Gasteiger partial charge in [-0.1, -0.05) is 23.8 Å². The van der Waals surface area contributed by atoms with Gasteiger partial charge in [-0.25, -0.2) is 0 Å². The number of rotatable bonds is 2. The number of carbonyl (C=O) groups excluding carboxylic acids is 2. The van der Waals surface area contributed by atoms with Gasteiger partial charge in [0.2, 0.25) is 0 Å². The van der Waals surface area contributed by atoms with Crippen molar-refractivity contribution in [1.29, 1.82) is 0 Å². The number of benzene rings is 2. The summed E-state index contributed by atoms with van der Waals surface area (Å²) in [6, 6.07) is 13.4. The zero-order valence-electron chi connectivity index (χ0n) is 14.7. The van der Waals surface area contributed by atoms with Crippen LogP contribution in [0.5, 0.6) is 5.75 Å². The van der Waals surface area contributed by atoms with Gasteiger partial charge in [-0.2, -0.15) is 0 Å². The van der Waals surface area contributed by atoms with Crippen LogP contribution >= 0.6 is 0 Å². The van der Waals surface area contributed by atoms with Crippen molar-refractivity contribution < 1.29 is 14.3 Å². The summed E-state index contributed by atoms with van der Waals surface area (Å²) in [6.45, 7) is 4.82. The maximum absolute atomic E-state index is 12.7. The number of amides is 2. The monoisotopic (exact) mass is 351 g/mol. The van der Waals surface area contributed by atoms with E-state index in [0.29, 0.717) is 24.5 Å². The molecule has 4 rings (SSSR count). The molecular weight excluding hydrogens is 330 g/mol. The molecular formula is C20H21N3O3. The highest BCUT2D eigenvalue weighted by Crippen LogP contribution is 2.38. The molecule has 1 N–H and O–H groups in total. The number of hydrogen-bond acceptors (Lipinski definition) is 4. The molecule has 2 aromatic rings. The highest BCUT2D eigenvalue weighted by atomic mass is 16.5.